The molecule has 34 heavy (non-hydrogen) atoms. The summed E-state index contributed by atoms with van der Waals surface area (Å²) in [7, 11) is 1.27. The molecule has 1 aromatic carbocycles. The number of hydrogen-bond donors (Lipinski definition) is 3. The Kier molecular flexibility index (Phi) is 5.76. The van der Waals surface area contributed by atoms with E-state index in [1.54, 1.807) is 26.0 Å². The van der Waals surface area contributed by atoms with Gasteiger partial charge < -0.3 is 15.2 Å². The number of hydrogen-bond acceptors (Lipinski definition) is 5. The molecule has 2 aliphatic heterocycles. The third-order valence-corrected chi connectivity index (χ3v) is 6.35. The van der Waals surface area contributed by atoms with E-state index in [-0.39, 0.29) is 17.2 Å². The number of ether oxygens (including phenoxy) is 1. The number of aromatic nitrogens is 2. The lowest BCUT2D eigenvalue weighted by Crippen LogP contribution is -2.55. The molecule has 0 amide bonds. The normalized spacial score (nSPS) is 16.8. The molecule has 0 bridgehead atoms. The summed E-state index contributed by atoms with van der Waals surface area (Å²) in [6.07, 6.45) is -3.86. The molecule has 0 saturated carbocycles. The van der Waals surface area contributed by atoms with Crippen LogP contribution in [0.4, 0.5) is 19.0 Å². The van der Waals surface area contributed by atoms with Gasteiger partial charge in [0.25, 0.3) is 5.56 Å². The highest BCUT2D eigenvalue weighted by Gasteiger charge is 2.56. The Morgan fingerprint density at radius 1 is 1.29 bits per heavy atom. The maximum absolute atomic E-state index is 14.1. The van der Waals surface area contributed by atoms with E-state index < -0.39 is 41.4 Å². The van der Waals surface area contributed by atoms with Crippen molar-refractivity contribution in [1.29, 1.82) is 0 Å². The fourth-order valence-corrected chi connectivity index (χ4v) is 4.56. The molecule has 183 valence electrons. The SMILES string of the molecule is Cn1c(=O)[nH]c2c(c1=O)C=C(NCC(O)(CC(C)(C)c1cc(Cl)cc3c1OCC3)C(F)(F)F)[N]2. The quantitative estimate of drug-likeness (QED) is 0.565. The number of aromatic amines is 1. The van der Waals surface area contributed by atoms with E-state index in [0.29, 0.717) is 29.4 Å². The Hall–Kier alpha value is -2.92. The Morgan fingerprint density at radius 2 is 2.00 bits per heavy atom. The summed E-state index contributed by atoms with van der Waals surface area (Å²) >= 11 is 6.20. The van der Waals surface area contributed by atoms with Gasteiger partial charge in [0.15, 0.2) is 5.60 Å². The smallest absolute Gasteiger partial charge is 0.418 e. The molecule has 1 aromatic heterocycles. The van der Waals surface area contributed by atoms with Gasteiger partial charge in [-0.2, -0.15) is 13.2 Å². The van der Waals surface area contributed by atoms with Gasteiger partial charge in [0.2, 0.25) is 0 Å². The molecule has 0 saturated heterocycles. The third kappa shape index (κ3) is 4.18. The summed E-state index contributed by atoms with van der Waals surface area (Å²) in [5.41, 5.74) is -4.34. The van der Waals surface area contributed by atoms with Crippen LogP contribution in [0.3, 0.4) is 0 Å². The van der Waals surface area contributed by atoms with Gasteiger partial charge in [-0.1, -0.05) is 25.4 Å². The van der Waals surface area contributed by atoms with Crippen LogP contribution in [0.5, 0.6) is 5.75 Å². The Morgan fingerprint density at radius 3 is 2.68 bits per heavy atom. The molecule has 2 aromatic rings. The van der Waals surface area contributed by atoms with Crippen molar-refractivity contribution < 1.29 is 23.0 Å². The molecule has 1 atom stereocenters. The van der Waals surface area contributed by atoms with Crippen LogP contribution in [0.1, 0.15) is 37.0 Å². The van der Waals surface area contributed by atoms with Gasteiger partial charge in [0, 0.05) is 24.1 Å². The number of benzene rings is 1. The lowest BCUT2D eigenvalue weighted by atomic mass is 9.74. The van der Waals surface area contributed by atoms with E-state index in [0.717, 1.165) is 10.1 Å². The van der Waals surface area contributed by atoms with E-state index in [4.69, 9.17) is 16.3 Å². The zero-order valence-electron chi connectivity index (χ0n) is 18.6. The maximum Gasteiger partial charge on any atom is 0.418 e. The molecule has 0 spiro atoms. The first kappa shape index (κ1) is 24.2. The van der Waals surface area contributed by atoms with Gasteiger partial charge in [0.1, 0.15) is 17.4 Å². The summed E-state index contributed by atoms with van der Waals surface area (Å²) in [4.78, 5) is 26.3. The van der Waals surface area contributed by atoms with E-state index >= 15 is 0 Å². The molecule has 12 heteroatoms. The number of nitrogens with one attached hydrogen (secondary N) is 2. The first-order valence-corrected chi connectivity index (χ1v) is 10.9. The van der Waals surface area contributed by atoms with Crippen molar-refractivity contribution in [2.75, 3.05) is 13.2 Å². The van der Waals surface area contributed by atoms with Crippen molar-refractivity contribution >= 4 is 23.5 Å². The van der Waals surface area contributed by atoms with E-state index in [1.165, 1.54) is 13.1 Å². The monoisotopic (exact) mass is 499 g/mol. The van der Waals surface area contributed by atoms with Crippen LogP contribution < -0.4 is 26.6 Å². The second-order valence-electron chi connectivity index (χ2n) is 9.18. The Balaban J connectivity index is 1.60. The van der Waals surface area contributed by atoms with Gasteiger partial charge in [0.05, 0.1) is 18.7 Å². The zero-order valence-corrected chi connectivity index (χ0v) is 19.4. The summed E-state index contributed by atoms with van der Waals surface area (Å²) in [5, 5.41) is 17.7. The van der Waals surface area contributed by atoms with Crippen LogP contribution in [0.25, 0.3) is 6.08 Å². The summed E-state index contributed by atoms with van der Waals surface area (Å²) in [5.74, 6) is 0.357. The Bertz CT molecular complexity index is 1300. The summed E-state index contributed by atoms with van der Waals surface area (Å²) in [6, 6.07) is 3.29. The van der Waals surface area contributed by atoms with Gasteiger partial charge in [-0.3, -0.25) is 14.3 Å². The second kappa shape index (κ2) is 8.09. The van der Waals surface area contributed by atoms with Gasteiger partial charge >= 0.3 is 11.9 Å². The molecule has 2 aliphatic rings. The first-order valence-electron chi connectivity index (χ1n) is 10.5. The maximum atomic E-state index is 14.1. The molecule has 1 radical (unpaired) electrons. The van der Waals surface area contributed by atoms with Crippen LogP contribution in [-0.4, -0.2) is 39.6 Å². The molecule has 4 rings (SSSR count). The van der Waals surface area contributed by atoms with E-state index in [1.807, 2.05) is 0 Å². The number of rotatable bonds is 6. The largest absolute Gasteiger partial charge is 0.493 e. The number of aliphatic hydroxyl groups is 1. The van der Waals surface area contributed by atoms with Crippen molar-refractivity contribution in [3.05, 3.63) is 60.5 Å². The second-order valence-corrected chi connectivity index (χ2v) is 9.62. The zero-order chi connectivity index (χ0) is 25.1. The fourth-order valence-electron chi connectivity index (χ4n) is 4.32. The van der Waals surface area contributed by atoms with Crippen LogP contribution in [0, 0.1) is 0 Å². The standard InChI is InChI=1S/C22H23ClF3N4O4/c1-20(2,14-7-12(23)6-11-4-5-34-16(11)14)9-21(33,22(24,25)26)10-27-15-8-13-17(28-15)29-19(32)30(3)18(13)31/h6-8,27,33H,4-5,9-10H2,1-3H3,(H,29,32). The van der Waals surface area contributed by atoms with E-state index in [9.17, 15) is 27.9 Å². The third-order valence-electron chi connectivity index (χ3n) is 6.13. The van der Waals surface area contributed by atoms with Crippen LogP contribution in [-0.2, 0) is 18.9 Å². The minimum atomic E-state index is -4.99. The number of H-pyrrole nitrogens is 1. The van der Waals surface area contributed by atoms with Crippen molar-refractivity contribution in [1.82, 2.24) is 20.2 Å². The summed E-state index contributed by atoms with van der Waals surface area (Å²) in [6.45, 7) is 2.64. The topological polar surface area (TPSA) is 110 Å². The predicted molar refractivity (Wildman–Crippen MR) is 119 cm³/mol. The number of halogens is 4. The average molecular weight is 500 g/mol. The molecule has 3 heterocycles. The van der Waals surface area contributed by atoms with Crippen molar-refractivity contribution in [3.8, 4) is 5.75 Å². The molecular formula is C22H23ClF3N4O4. The molecule has 8 nitrogen and oxygen atoms in total. The lowest BCUT2D eigenvalue weighted by molar-refractivity contribution is -0.264. The molecule has 1 unspecified atom stereocenters. The molecular weight excluding hydrogens is 477 g/mol. The molecule has 0 fully saturated rings. The lowest BCUT2D eigenvalue weighted by Gasteiger charge is -2.38. The predicted octanol–water partition coefficient (Wildman–Crippen LogP) is 2.46. The highest BCUT2D eigenvalue weighted by Crippen LogP contribution is 2.46. The Labute approximate surface area is 197 Å². The molecule has 3 N–H and O–H groups in total. The highest BCUT2D eigenvalue weighted by molar-refractivity contribution is 6.30. The van der Waals surface area contributed by atoms with Gasteiger partial charge in [-0.15, -0.1) is 0 Å². The fraction of sp³-hybridized carbons (Fsp3) is 0.455. The van der Waals surface area contributed by atoms with Crippen molar-refractivity contribution in [2.24, 2.45) is 7.05 Å². The van der Waals surface area contributed by atoms with Crippen molar-refractivity contribution in [2.45, 2.75) is 43.9 Å². The van der Waals surface area contributed by atoms with Crippen LogP contribution in [0.2, 0.25) is 5.02 Å². The number of fused-ring (bicyclic) bond motifs is 2. The number of nitrogens with zero attached hydrogens (tertiary/aromatic N) is 2. The number of alkyl halides is 3. The first-order chi connectivity index (χ1) is 15.7. The van der Waals surface area contributed by atoms with Gasteiger partial charge in [-0.25, -0.2) is 10.1 Å². The minimum Gasteiger partial charge on any atom is -0.493 e. The van der Waals surface area contributed by atoms with Crippen LogP contribution >= 0.6 is 11.6 Å². The highest BCUT2D eigenvalue weighted by atomic mass is 35.5. The van der Waals surface area contributed by atoms with Crippen molar-refractivity contribution in [3.63, 3.8) is 0 Å². The van der Waals surface area contributed by atoms with Gasteiger partial charge in [-0.05, 0) is 35.6 Å². The summed E-state index contributed by atoms with van der Waals surface area (Å²) < 4.78 is 48.8. The van der Waals surface area contributed by atoms with E-state index in [2.05, 4.69) is 15.6 Å². The average Bonchev–Trinajstić information content (AvgIpc) is 3.35. The van der Waals surface area contributed by atoms with Crippen LogP contribution in [0.15, 0.2) is 27.5 Å². The minimum absolute atomic E-state index is 0.0344. The molecule has 0 aliphatic carbocycles.